The van der Waals surface area contributed by atoms with Gasteiger partial charge in [0.2, 0.25) is 5.91 Å². The fourth-order valence-electron chi connectivity index (χ4n) is 3.48. The lowest BCUT2D eigenvalue weighted by Gasteiger charge is -2.26. The molecule has 1 amide bonds. The normalized spacial score (nSPS) is 14.9. The first-order valence-electron chi connectivity index (χ1n) is 12.3. The van der Waals surface area contributed by atoms with Crippen molar-refractivity contribution in [3.8, 4) is 0 Å². The molecule has 0 aromatic rings. The number of ether oxygens (including phenoxy) is 1. The number of amides is 1. The fraction of sp³-hybridized carbons (Fsp3) is 0.957. The van der Waals surface area contributed by atoms with Gasteiger partial charge in [-0.15, -0.1) is 0 Å². The molecule has 0 radical (unpaired) electrons. The lowest BCUT2D eigenvalue weighted by atomic mass is 10.1. The molecule has 0 atom stereocenters. The topological polar surface area (TPSA) is 65.1 Å². The minimum absolute atomic E-state index is 0.282. The Morgan fingerprint density at radius 3 is 1.83 bits per heavy atom. The van der Waals surface area contributed by atoms with E-state index in [1.807, 2.05) is 4.90 Å². The van der Waals surface area contributed by atoms with Crippen LogP contribution in [0.5, 0.6) is 0 Å². The van der Waals surface area contributed by atoms with Crippen molar-refractivity contribution >= 4 is 13.5 Å². The number of unbranched alkanes of at least 4 members (excludes halogenated alkanes) is 9. The summed E-state index contributed by atoms with van der Waals surface area (Å²) in [5.41, 5.74) is 0. The van der Waals surface area contributed by atoms with Crippen LogP contribution in [-0.2, 0) is 23.1 Å². The minimum atomic E-state index is -2.91. The van der Waals surface area contributed by atoms with E-state index in [0.717, 1.165) is 70.9 Å². The van der Waals surface area contributed by atoms with Crippen molar-refractivity contribution in [3.63, 3.8) is 0 Å². The predicted octanol–water partition coefficient (Wildman–Crippen LogP) is 6.18. The predicted molar refractivity (Wildman–Crippen MR) is 123 cm³/mol. The molecule has 1 saturated heterocycles. The van der Waals surface area contributed by atoms with Crippen molar-refractivity contribution in [2.45, 2.75) is 97.3 Å². The van der Waals surface area contributed by atoms with Crippen LogP contribution >= 0.6 is 7.60 Å². The quantitative estimate of drug-likeness (QED) is 0.175. The molecule has 178 valence electrons. The van der Waals surface area contributed by atoms with E-state index in [4.69, 9.17) is 13.8 Å². The van der Waals surface area contributed by atoms with E-state index >= 15 is 0 Å². The third-order valence-electron chi connectivity index (χ3n) is 5.51. The molecule has 0 aliphatic carbocycles. The van der Waals surface area contributed by atoms with Gasteiger partial charge in [-0.1, -0.05) is 65.2 Å². The van der Waals surface area contributed by atoms with Crippen molar-refractivity contribution in [2.75, 3.05) is 45.7 Å². The number of nitrogens with zero attached hydrogens (tertiary/aromatic N) is 1. The third kappa shape index (κ3) is 13.8. The van der Waals surface area contributed by atoms with E-state index < -0.39 is 7.60 Å². The van der Waals surface area contributed by atoms with Crippen LogP contribution in [0.15, 0.2) is 0 Å². The van der Waals surface area contributed by atoms with Crippen molar-refractivity contribution in [2.24, 2.45) is 0 Å². The number of carbonyl (C=O) groups is 1. The van der Waals surface area contributed by atoms with Crippen LogP contribution < -0.4 is 0 Å². The van der Waals surface area contributed by atoms with Gasteiger partial charge in [0.15, 0.2) is 0 Å². The Kier molecular flexibility index (Phi) is 16.7. The monoisotopic (exact) mass is 447 g/mol. The molecule has 0 aromatic heterocycles. The maximum absolute atomic E-state index is 12.9. The number of hydrogen-bond acceptors (Lipinski definition) is 5. The molecule has 1 rings (SSSR count). The minimum Gasteiger partial charge on any atom is -0.378 e. The molecule has 7 heteroatoms. The molecular formula is C23H46NO5P. The Bertz CT molecular complexity index is 455. The van der Waals surface area contributed by atoms with Crippen molar-refractivity contribution < 1.29 is 23.1 Å². The second-order valence-corrected chi connectivity index (χ2v) is 10.5. The van der Waals surface area contributed by atoms with Crippen LogP contribution in [0.25, 0.3) is 0 Å². The van der Waals surface area contributed by atoms with Gasteiger partial charge in [-0.2, -0.15) is 0 Å². The number of rotatable bonds is 19. The van der Waals surface area contributed by atoms with Gasteiger partial charge in [0.25, 0.3) is 0 Å². The first kappa shape index (κ1) is 27.6. The van der Waals surface area contributed by atoms with Crippen LogP contribution in [0, 0.1) is 0 Å². The summed E-state index contributed by atoms with van der Waals surface area (Å²) in [5, 5.41) is 0. The van der Waals surface area contributed by atoms with E-state index in [-0.39, 0.29) is 5.91 Å². The second-order valence-electron chi connectivity index (χ2n) is 8.28. The Morgan fingerprint density at radius 1 is 0.800 bits per heavy atom. The molecule has 0 bridgehead atoms. The molecule has 1 aliphatic heterocycles. The van der Waals surface area contributed by atoms with Gasteiger partial charge in [-0.3, -0.25) is 9.36 Å². The summed E-state index contributed by atoms with van der Waals surface area (Å²) in [4.78, 5) is 14.0. The first-order valence-corrected chi connectivity index (χ1v) is 14.1. The van der Waals surface area contributed by atoms with Crippen LogP contribution in [0.1, 0.15) is 97.3 Å². The zero-order valence-electron chi connectivity index (χ0n) is 19.6. The zero-order chi connectivity index (χ0) is 21.9. The third-order valence-corrected chi connectivity index (χ3v) is 7.52. The Labute approximate surface area is 184 Å². The maximum atomic E-state index is 12.9. The van der Waals surface area contributed by atoms with Gasteiger partial charge in [0.1, 0.15) is 0 Å². The lowest BCUT2D eigenvalue weighted by molar-refractivity contribution is -0.135. The molecule has 1 aliphatic rings. The highest BCUT2D eigenvalue weighted by molar-refractivity contribution is 7.53. The largest absolute Gasteiger partial charge is 0.378 e. The molecule has 0 N–H and O–H groups in total. The number of hydrogen-bond donors (Lipinski definition) is 0. The van der Waals surface area contributed by atoms with Gasteiger partial charge in [-0.25, -0.2) is 0 Å². The van der Waals surface area contributed by atoms with Crippen LogP contribution in [0.3, 0.4) is 0 Å². The van der Waals surface area contributed by atoms with E-state index in [0.29, 0.717) is 39.0 Å². The molecule has 30 heavy (non-hydrogen) atoms. The van der Waals surface area contributed by atoms with Gasteiger partial charge in [-0.05, 0) is 25.7 Å². The van der Waals surface area contributed by atoms with E-state index in [9.17, 15) is 9.36 Å². The zero-order valence-corrected chi connectivity index (χ0v) is 20.5. The first-order chi connectivity index (χ1) is 14.6. The molecule has 1 fully saturated rings. The van der Waals surface area contributed by atoms with Crippen molar-refractivity contribution in [3.05, 3.63) is 0 Å². The highest BCUT2D eigenvalue weighted by atomic mass is 31.2. The number of morpholine rings is 1. The lowest BCUT2D eigenvalue weighted by Crippen LogP contribution is -2.40. The molecular weight excluding hydrogens is 401 g/mol. The summed E-state index contributed by atoms with van der Waals surface area (Å²) in [7, 11) is -2.91. The summed E-state index contributed by atoms with van der Waals surface area (Å²) in [6.45, 7) is 8.14. The average Bonchev–Trinajstić information content (AvgIpc) is 2.76. The van der Waals surface area contributed by atoms with Crippen molar-refractivity contribution in [1.29, 1.82) is 0 Å². The summed E-state index contributed by atoms with van der Waals surface area (Å²) in [6.07, 6.45) is 14.0. The van der Waals surface area contributed by atoms with Crippen LogP contribution in [0.2, 0.25) is 0 Å². The van der Waals surface area contributed by atoms with E-state index in [1.165, 1.54) is 19.3 Å². The average molecular weight is 448 g/mol. The summed E-state index contributed by atoms with van der Waals surface area (Å²) in [6, 6.07) is 0. The van der Waals surface area contributed by atoms with Crippen LogP contribution in [0.4, 0.5) is 0 Å². The Morgan fingerprint density at radius 2 is 1.30 bits per heavy atom. The molecule has 0 spiro atoms. The smallest absolute Gasteiger partial charge is 0.330 e. The second kappa shape index (κ2) is 18.2. The maximum Gasteiger partial charge on any atom is 0.330 e. The summed E-state index contributed by atoms with van der Waals surface area (Å²) in [5.74, 6) is 0.282. The summed E-state index contributed by atoms with van der Waals surface area (Å²) < 4.78 is 29.4. The van der Waals surface area contributed by atoms with Gasteiger partial charge in [0, 0.05) is 19.5 Å². The van der Waals surface area contributed by atoms with Crippen molar-refractivity contribution in [1.82, 2.24) is 4.90 Å². The Balaban J connectivity index is 2.01. The Hall–Kier alpha value is -0.420. The number of carbonyl (C=O) groups excluding carboxylic acids is 1. The fourth-order valence-corrected chi connectivity index (χ4v) is 5.23. The van der Waals surface area contributed by atoms with Crippen LogP contribution in [-0.4, -0.2) is 56.5 Å². The highest BCUT2D eigenvalue weighted by Gasteiger charge is 2.23. The van der Waals surface area contributed by atoms with Gasteiger partial charge in [0.05, 0.1) is 32.6 Å². The molecule has 6 nitrogen and oxygen atoms in total. The summed E-state index contributed by atoms with van der Waals surface area (Å²) >= 11 is 0. The van der Waals surface area contributed by atoms with Gasteiger partial charge >= 0.3 is 7.60 Å². The SMILES string of the molecule is CCCCOP(=O)(CCCCCCCCCCC(=O)N1CCOCC1)OCCCC. The standard InChI is InChI=1S/C23H46NO5P/c1-3-5-18-28-30(26,29-19-6-4-2)22-14-12-10-8-7-9-11-13-15-23(25)24-16-20-27-21-17-24/h3-22H2,1-2H3. The van der Waals surface area contributed by atoms with E-state index in [1.54, 1.807) is 0 Å². The highest BCUT2D eigenvalue weighted by Crippen LogP contribution is 2.49. The molecule has 0 aromatic carbocycles. The van der Waals surface area contributed by atoms with E-state index in [2.05, 4.69) is 13.8 Å². The molecule has 0 saturated carbocycles. The molecule has 1 heterocycles. The van der Waals surface area contributed by atoms with Gasteiger partial charge < -0.3 is 18.7 Å². The molecule has 0 unspecified atom stereocenters.